The summed E-state index contributed by atoms with van der Waals surface area (Å²) in [6, 6.07) is 4.76. The number of aromatic hydroxyl groups is 1. The molecule has 0 saturated carbocycles. The molecule has 0 fully saturated rings. The fraction of sp³-hybridized carbons (Fsp3) is 0.182. The van der Waals surface area contributed by atoms with Crippen LogP contribution in [-0.4, -0.2) is 22.4 Å². The van der Waals surface area contributed by atoms with Gasteiger partial charge in [0.05, 0.1) is 12.7 Å². The van der Waals surface area contributed by atoms with E-state index in [2.05, 4.69) is 10.1 Å². The van der Waals surface area contributed by atoms with Crippen molar-refractivity contribution in [2.24, 2.45) is 0 Å². The summed E-state index contributed by atoms with van der Waals surface area (Å²) in [5.74, 6) is 0.836. The highest BCUT2D eigenvalue weighted by Gasteiger charge is 2.15. The normalized spacial score (nSPS) is 9.94. The number of phenolic OH excluding ortho intramolecular Hbond substituents is 1. The monoisotopic (exact) mass is 231 g/mol. The van der Waals surface area contributed by atoms with Crippen LogP contribution < -0.4 is 4.74 Å². The first-order valence-corrected chi connectivity index (χ1v) is 4.77. The number of ether oxygens (including phenoxy) is 1. The molecular formula is C11H9N3O3. The fourth-order valence-electron chi connectivity index (χ4n) is 1.42. The number of aryl methyl sites for hydroxylation is 1. The first-order valence-electron chi connectivity index (χ1n) is 4.77. The summed E-state index contributed by atoms with van der Waals surface area (Å²) in [6.45, 7) is 1.65. The van der Waals surface area contributed by atoms with Crippen LogP contribution in [0.25, 0.3) is 11.4 Å². The number of nitrogens with zero attached hydrogens (tertiary/aromatic N) is 3. The van der Waals surface area contributed by atoms with Crippen LogP contribution in [0.1, 0.15) is 11.5 Å². The van der Waals surface area contributed by atoms with Crippen LogP contribution in [0.2, 0.25) is 0 Å². The molecule has 86 valence electrons. The van der Waals surface area contributed by atoms with Gasteiger partial charge in [0, 0.05) is 18.6 Å². The smallest absolute Gasteiger partial charge is 0.223 e. The van der Waals surface area contributed by atoms with E-state index in [9.17, 15) is 5.11 Å². The van der Waals surface area contributed by atoms with Gasteiger partial charge in [-0.1, -0.05) is 5.16 Å². The number of nitriles is 1. The zero-order valence-corrected chi connectivity index (χ0v) is 9.26. The Morgan fingerprint density at radius 3 is 2.76 bits per heavy atom. The van der Waals surface area contributed by atoms with Gasteiger partial charge in [-0.25, -0.2) is 0 Å². The zero-order valence-electron chi connectivity index (χ0n) is 9.26. The lowest BCUT2D eigenvalue weighted by molar-refractivity contribution is 0.373. The molecule has 1 N–H and O–H groups in total. The highest BCUT2D eigenvalue weighted by molar-refractivity contribution is 5.69. The van der Waals surface area contributed by atoms with Gasteiger partial charge >= 0.3 is 0 Å². The summed E-state index contributed by atoms with van der Waals surface area (Å²) in [6.07, 6.45) is 0. The average molecular weight is 231 g/mol. The second-order valence-corrected chi connectivity index (χ2v) is 3.32. The third-order valence-corrected chi connectivity index (χ3v) is 2.21. The summed E-state index contributed by atoms with van der Waals surface area (Å²) < 4.78 is 9.82. The quantitative estimate of drug-likeness (QED) is 0.844. The van der Waals surface area contributed by atoms with Crippen molar-refractivity contribution in [2.45, 2.75) is 6.92 Å². The van der Waals surface area contributed by atoms with E-state index < -0.39 is 0 Å². The van der Waals surface area contributed by atoms with E-state index in [1.807, 2.05) is 6.07 Å². The number of aromatic nitrogens is 2. The lowest BCUT2D eigenvalue weighted by Gasteiger charge is -2.05. The molecule has 0 bridgehead atoms. The Morgan fingerprint density at radius 2 is 2.24 bits per heavy atom. The Balaban J connectivity index is 2.64. The number of phenols is 1. The lowest BCUT2D eigenvalue weighted by atomic mass is 10.1. The highest BCUT2D eigenvalue weighted by atomic mass is 16.5. The van der Waals surface area contributed by atoms with Gasteiger partial charge in [0.25, 0.3) is 0 Å². The van der Waals surface area contributed by atoms with Crippen LogP contribution in [0.4, 0.5) is 0 Å². The van der Waals surface area contributed by atoms with Crippen molar-refractivity contribution in [1.82, 2.24) is 10.1 Å². The molecule has 2 rings (SSSR count). The fourth-order valence-corrected chi connectivity index (χ4v) is 1.42. The molecule has 6 heteroatoms. The second kappa shape index (κ2) is 4.14. The Kier molecular flexibility index (Phi) is 2.66. The Hall–Kier alpha value is -2.55. The van der Waals surface area contributed by atoms with Crippen molar-refractivity contribution < 1.29 is 14.4 Å². The molecule has 0 aliphatic carbocycles. The molecule has 17 heavy (non-hydrogen) atoms. The Labute approximate surface area is 97.1 Å². The minimum Gasteiger partial charge on any atom is -0.504 e. The molecule has 0 unspecified atom stereocenters. The maximum atomic E-state index is 9.56. The van der Waals surface area contributed by atoms with Crippen molar-refractivity contribution >= 4 is 0 Å². The molecule has 1 heterocycles. The summed E-state index contributed by atoms with van der Waals surface area (Å²) in [4.78, 5) is 4.03. The summed E-state index contributed by atoms with van der Waals surface area (Å²) in [5, 5.41) is 22.3. The maximum absolute atomic E-state index is 9.56. The van der Waals surface area contributed by atoms with Gasteiger partial charge in [-0.3, -0.25) is 0 Å². The van der Waals surface area contributed by atoms with E-state index in [1.165, 1.54) is 19.2 Å². The van der Waals surface area contributed by atoms with Gasteiger partial charge < -0.3 is 14.4 Å². The highest BCUT2D eigenvalue weighted by Crippen LogP contribution is 2.33. The minimum absolute atomic E-state index is 0.104. The Bertz CT molecular complexity index is 598. The number of benzene rings is 1. The molecule has 0 radical (unpaired) electrons. The van der Waals surface area contributed by atoms with Gasteiger partial charge in [0.2, 0.25) is 11.7 Å². The second-order valence-electron chi connectivity index (χ2n) is 3.32. The number of hydrogen-bond acceptors (Lipinski definition) is 6. The molecule has 0 aliphatic rings. The molecule has 0 spiro atoms. The summed E-state index contributed by atoms with van der Waals surface area (Å²) >= 11 is 0. The molecule has 1 aromatic heterocycles. The average Bonchev–Trinajstić information content (AvgIpc) is 2.75. The van der Waals surface area contributed by atoms with Crippen molar-refractivity contribution in [3.05, 3.63) is 23.6 Å². The number of methoxy groups -OCH3 is 1. The van der Waals surface area contributed by atoms with Crippen LogP contribution in [0.15, 0.2) is 16.7 Å². The van der Waals surface area contributed by atoms with E-state index in [4.69, 9.17) is 14.5 Å². The number of hydrogen-bond donors (Lipinski definition) is 1. The first kappa shape index (κ1) is 11.0. The molecule has 6 nitrogen and oxygen atoms in total. The Morgan fingerprint density at radius 1 is 1.47 bits per heavy atom. The first-order chi connectivity index (χ1) is 8.15. The predicted molar refractivity (Wildman–Crippen MR) is 57.4 cm³/mol. The van der Waals surface area contributed by atoms with Gasteiger partial charge in [-0.2, -0.15) is 10.2 Å². The molecule has 0 amide bonds. The van der Waals surface area contributed by atoms with Crippen molar-refractivity contribution in [3.63, 3.8) is 0 Å². The van der Waals surface area contributed by atoms with Gasteiger partial charge in [-0.05, 0) is 6.07 Å². The van der Waals surface area contributed by atoms with E-state index >= 15 is 0 Å². The van der Waals surface area contributed by atoms with Gasteiger partial charge in [0.1, 0.15) is 6.07 Å². The molecule has 0 aliphatic heterocycles. The third kappa shape index (κ3) is 1.90. The largest absolute Gasteiger partial charge is 0.504 e. The predicted octanol–water partition coefficient (Wildman–Crippen LogP) is 1.63. The summed E-state index contributed by atoms with van der Waals surface area (Å²) in [5.41, 5.74) is 0.711. The van der Waals surface area contributed by atoms with Crippen LogP contribution in [-0.2, 0) is 0 Å². The molecule has 2 aromatic rings. The van der Waals surface area contributed by atoms with Crippen LogP contribution >= 0.6 is 0 Å². The van der Waals surface area contributed by atoms with Crippen LogP contribution in [0, 0.1) is 18.3 Å². The van der Waals surface area contributed by atoms with Crippen LogP contribution in [0.3, 0.4) is 0 Å². The standard InChI is InChI=1S/C11H9N3O3/c1-6-13-11(14-17-6)8-4-10(16-2)9(15)3-7(8)5-12/h3-4,15H,1-2H3. The molecule has 0 saturated heterocycles. The van der Waals surface area contributed by atoms with Gasteiger partial charge in [0.15, 0.2) is 11.5 Å². The van der Waals surface area contributed by atoms with E-state index in [1.54, 1.807) is 6.92 Å². The molecular weight excluding hydrogens is 222 g/mol. The third-order valence-electron chi connectivity index (χ3n) is 2.21. The minimum atomic E-state index is -0.104. The lowest BCUT2D eigenvalue weighted by Crippen LogP contribution is -1.91. The van der Waals surface area contributed by atoms with E-state index in [0.717, 1.165) is 0 Å². The van der Waals surface area contributed by atoms with Gasteiger partial charge in [-0.15, -0.1) is 0 Å². The topological polar surface area (TPSA) is 92.2 Å². The van der Waals surface area contributed by atoms with E-state index in [-0.39, 0.29) is 22.9 Å². The van der Waals surface area contributed by atoms with Crippen molar-refractivity contribution in [1.29, 1.82) is 5.26 Å². The molecule has 0 atom stereocenters. The number of rotatable bonds is 2. The van der Waals surface area contributed by atoms with Crippen LogP contribution in [0.5, 0.6) is 11.5 Å². The van der Waals surface area contributed by atoms with Crippen molar-refractivity contribution in [3.8, 4) is 29.0 Å². The van der Waals surface area contributed by atoms with E-state index in [0.29, 0.717) is 11.5 Å². The summed E-state index contributed by atoms with van der Waals surface area (Å²) in [7, 11) is 1.42. The molecule has 1 aromatic carbocycles. The van der Waals surface area contributed by atoms with Crippen molar-refractivity contribution in [2.75, 3.05) is 7.11 Å². The maximum Gasteiger partial charge on any atom is 0.223 e. The zero-order chi connectivity index (χ0) is 12.4. The SMILES string of the molecule is COc1cc(-c2noc(C)n2)c(C#N)cc1O.